The average Bonchev–Trinajstić information content (AvgIpc) is 3.23. The Hall–Kier alpha value is -2.59. The lowest BCUT2D eigenvalue weighted by molar-refractivity contribution is 0.0771. The molecule has 1 fully saturated rings. The van der Waals surface area contributed by atoms with Crippen molar-refractivity contribution >= 4 is 33.7 Å². The fourth-order valence-electron chi connectivity index (χ4n) is 3.74. The van der Waals surface area contributed by atoms with E-state index in [2.05, 4.69) is 25.3 Å². The summed E-state index contributed by atoms with van der Waals surface area (Å²) in [6.45, 7) is 10.6. The Kier molecular flexibility index (Phi) is 5.94. The Morgan fingerprint density at radius 3 is 2.52 bits per heavy atom. The van der Waals surface area contributed by atoms with Gasteiger partial charge in [-0.1, -0.05) is 0 Å². The van der Waals surface area contributed by atoms with Crippen LogP contribution in [0.5, 0.6) is 0 Å². The van der Waals surface area contributed by atoms with Crippen LogP contribution in [-0.2, 0) is 7.05 Å². The molecule has 0 aliphatic carbocycles. The molecule has 8 nitrogen and oxygen atoms in total. The van der Waals surface area contributed by atoms with E-state index in [4.69, 9.17) is 0 Å². The summed E-state index contributed by atoms with van der Waals surface area (Å²) >= 11 is 2.95. The van der Waals surface area contributed by atoms with Gasteiger partial charge in [0.2, 0.25) is 0 Å². The van der Waals surface area contributed by atoms with Gasteiger partial charge in [-0.05, 0) is 39.7 Å². The average molecular weight is 459 g/mol. The number of carbonyl (C=O) groups excluding carboxylic acids is 1. The van der Waals surface area contributed by atoms with E-state index < -0.39 is 0 Å². The number of hydrogen-bond donors (Lipinski definition) is 0. The van der Waals surface area contributed by atoms with Crippen molar-refractivity contribution < 1.29 is 4.79 Å². The molecule has 1 saturated heterocycles. The monoisotopic (exact) mass is 458 g/mol. The van der Waals surface area contributed by atoms with Crippen molar-refractivity contribution in [3.63, 3.8) is 0 Å². The van der Waals surface area contributed by atoms with Crippen LogP contribution in [0, 0.1) is 27.7 Å². The van der Waals surface area contributed by atoms with Crippen LogP contribution in [0.25, 0.3) is 10.6 Å². The molecule has 0 bridgehead atoms. The molecule has 0 aromatic carbocycles. The third-order valence-electron chi connectivity index (χ3n) is 5.59. The van der Waals surface area contributed by atoms with Gasteiger partial charge in [-0.25, -0.2) is 14.6 Å². The Balaban J connectivity index is 1.58. The fraction of sp³-hybridized carbons (Fsp3) is 0.476. The van der Waals surface area contributed by atoms with Crippen LogP contribution in [0.1, 0.15) is 38.7 Å². The summed E-state index contributed by atoms with van der Waals surface area (Å²) in [4.78, 5) is 40.0. The van der Waals surface area contributed by atoms with Crippen LogP contribution in [0.15, 0.2) is 10.2 Å². The molecule has 0 radical (unpaired) electrons. The highest BCUT2D eigenvalue weighted by Crippen LogP contribution is 2.30. The minimum absolute atomic E-state index is 0.0151. The minimum Gasteiger partial charge on any atom is -0.346 e. The van der Waals surface area contributed by atoms with Crippen molar-refractivity contribution in [1.82, 2.24) is 24.6 Å². The van der Waals surface area contributed by atoms with Crippen molar-refractivity contribution in [1.29, 1.82) is 0 Å². The Labute approximate surface area is 189 Å². The smallest absolute Gasteiger partial charge is 0.277 e. The number of aromatic nitrogens is 4. The molecule has 1 aliphatic rings. The van der Waals surface area contributed by atoms with Crippen molar-refractivity contribution in [2.75, 3.05) is 31.1 Å². The molecule has 0 spiro atoms. The van der Waals surface area contributed by atoms with E-state index >= 15 is 0 Å². The maximum atomic E-state index is 13.3. The molecule has 10 heteroatoms. The second kappa shape index (κ2) is 8.51. The molecule has 4 heterocycles. The Bertz CT molecular complexity index is 1200. The van der Waals surface area contributed by atoms with Gasteiger partial charge >= 0.3 is 0 Å². The number of nitrogens with zero attached hydrogens (tertiary/aromatic N) is 6. The number of hydrogen-bond acceptors (Lipinski definition) is 8. The van der Waals surface area contributed by atoms with Crippen LogP contribution in [0.3, 0.4) is 0 Å². The summed E-state index contributed by atoms with van der Waals surface area (Å²) < 4.78 is 1.33. The van der Waals surface area contributed by atoms with Crippen molar-refractivity contribution in [2.45, 2.75) is 34.1 Å². The van der Waals surface area contributed by atoms with Gasteiger partial charge in [-0.15, -0.1) is 22.7 Å². The molecule has 164 valence electrons. The molecular formula is C21H26N6O2S2. The largest absolute Gasteiger partial charge is 0.346 e. The lowest BCUT2D eigenvalue weighted by Crippen LogP contribution is -2.35. The maximum absolute atomic E-state index is 13.3. The third-order valence-corrected chi connectivity index (χ3v) is 7.77. The lowest BCUT2D eigenvalue weighted by atomic mass is 10.1. The van der Waals surface area contributed by atoms with Crippen molar-refractivity contribution in [3.8, 4) is 10.6 Å². The van der Waals surface area contributed by atoms with Gasteiger partial charge in [-0.2, -0.15) is 5.10 Å². The lowest BCUT2D eigenvalue weighted by Gasteiger charge is -2.21. The summed E-state index contributed by atoms with van der Waals surface area (Å²) in [7, 11) is 1.64. The normalized spacial score (nSPS) is 14.7. The summed E-state index contributed by atoms with van der Waals surface area (Å²) in [6, 6.07) is 0. The number of thiazole rings is 2. The Morgan fingerprint density at radius 2 is 1.81 bits per heavy atom. The maximum Gasteiger partial charge on any atom is 0.277 e. The molecule has 3 aromatic rings. The van der Waals surface area contributed by atoms with E-state index in [9.17, 15) is 9.59 Å². The van der Waals surface area contributed by atoms with E-state index in [-0.39, 0.29) is 11.5 Å². The van der Waals surface area contributed by atoms with Crippen LogP contribution in [-0.4, -0.2) is 56.7 Å². The first kappa shape index (κ1) is 21.6. The van der Waals surface area contributed by atoms with Crippen LogP contribution in [0.4, 0.5) is 5.13 Å². The first-order valence-electron chi connectivity index (χ1n) is 10.2. The predicted octanol–water partition coefficient (Wildman–Crippen LogP) is 2.95. The Morgan fingerprint density at radius 1 is 1.03 bits per heavy atom. The van der Waals surface area contributed by atoms with Crippen LogP contribution < -0.4 is 10.5 Å². The molecule has 3 aromatic heterocycles. The quantitative estimate of drug-likeness (QED) is 0.600. The zero-order valence-electron chi connectivity index (χ0n) is 18.4. The number of amides is 1. The van der Waals surface area contributed by atoms with Gasteiger partial charge in [0, 0.05) is 38.6 Å². The van der Waals surface area contributed by atoms with Gasteiger partial charge in [-0.3, -0.25) is 9.59 Å². The fourth-order valence-corrected chi connectivity index (χ4v) is 5.73. The molecule has 0 saturated carbocycles. The summed E-state index contributed by atoms with van der Waals surface area (Å²) in [6.07, 6.45) is 0.887. The number of anilines is 1. The molecular weight excluding hydrogens is 432 g/mol. The molecule has 0 unspecified atom stereocenters. The number of aryl methyl sites for hydroxylation is 4. The molecule has 0 atom stereocenters. The van der Waals surface area contributed by atoms with E-state index in [1.165, 1.54) is 16.0 Å². The van der Waals surface area contributed by atoms with E-state index in [0.717, 1.165) is 41.6 Å². The summed E-state index contributed by atoms with van der Waals surface area (Å²) in [5.74, 6) is -0.0151. The zero-order chi connectivity index (χ0) is 22.3. The highest BCUT2D eigenvalue weighted by Gasteiger charge is 2.26. The van der Waals surface area contributed by atoms with Crippen molar-refractivity contribution in [3.05, 3.63) is 43.3 Å². The van der Waals surface area contributed by atoms with Gasteiger partial charge in [0.05, 0.1) is 22.6 Å². The molecule has 0 N–H and O–H groups in total. The SMILES string of the molecule is Cc1csc(N2CCCN(C(=O)c3sc(-c4c(C)c(C)nn(C)c4=O)nc3C)CC2)n1. The highest BCUT2D eigenvalue weighted by atomic mass is 32.1. The molecule has 4 rings (SSSR count). The van der Waals surface area contributed by atoms with Gasteiger partial charge in [0.25, 0.3) is 11.5 Å². The summed E-state index contributed by atoms with van der Waals surface area (Å²) in [5.41, 5.74) is 3.61. The topological polar surface area (TPSA) is 84.2 Å². The zero-order valence-corrected chi connectivity index (χ0v) is 20.1. The number of carbonyl (C=O) groups is 1. The second-order valence-electron chi connectivity index (χ2n) is 7.85. The van der Waals surface area contributed by atoms with E-state index in [1.807, 2.05) is 32.6 Å². The molecule has 1 amide bonds. The van der Waals surface area contributed by atoms with Crippen LogP contribution >= 0.6 is 22.7 Å². The highest BCUT2D eigenvalue weighted by molar-refractivity contribution is 7.17. The van der Waals surface area contributed by atoms with Gasteiger partial charge in [0.1, 0.15) is 9.88 Å². The van der Waals surface area contributed by atoms with E-state index in [0.29, 0.717) is 34.2 Å². The van der Waals surface area contributed by atoms with Gasteiger partial charge in [0.15, 0.2) is 5.13 Å². The second-order valence-corrected chi connectivity index (χ2v) is 9.69. The van der Waals surface area contributed by atoms with Crippen molar-refractivity contribution in [2.24, 2.45) is 7.05 Å². The number of rotatable bonds is 3. The standard InChI is InChI=1S/C21H26N6O2S2/c1-12-11-30-21(22-12)27-8-6-7-26(9-10-27)20(29)17-15(4)23-18(31-17)16-13(2)14(3)24-25(5)19(16)28/h11H,6-10H2,1-5H3. The summed E-state index contributed by atoms with van der Waals surface area (Å²) in [5, 5.41) is 7.89. The first-order valence-corrected chi connectivity index (χ1v) is 11.9. The van der Waals surface area contributed by atoms with Gasteiger partial charge < -0.3 is 9.80 Å². The van der Waals surface area contributed by atoms with Crippen LogP contribution in [0.2, 0.25) is 0 Å². The molecule has 1 aliphatic heterocycles. The minimum atomic E-state index is -0.194. The van der Waals surface area contributed by atoms with E-state index in [1.54, 1.807) is 18.4 Å². The molecule has 31 heavy (non-hydrogen) atoms. The third kappa shape index (κ3) is 4.14. The first-order chi connectivity index (χ1) is 14.8. The predicted molar refractivity (Wildman–Crippen MR) is 124 cm³/mol.